The van der Waals surface area contributed by atoms with Crippen LogP contribution in [0, 0.1) is 0 Å². The first-order valence-corrected chi connectivity index (χ1v) is 4.97. The molecule has 0 aromatic carbocycles. The molecular formula is C6H13ClOSi. The van der Waals surface area contributed by atoms with Crippen LogP contribution in [0.5, 0.6) is 0 Å². The minimum Gasteiger partial charge on any atom is -0.417 e. The molecule has 0 aliphatic heterocycles. The Kier molecular flexibility index (Phi) is 8.91. The highest BCUT2D eigenvalue weighted by molar-refractivity contribution is 6.27. The number of halogens is 1. The molecule has 0 aromatic rings. The van der Waals surface area contributed by atoms with Crippen LogP contribution >= 0.6 is 11.6 Å². The highest BCUT2D eigenvalue weighted by Crippen LogP contribution is 1.91. The molecule has 0 bridgehead atoms. The maximum absolute atomic E-state index is 5.46. The predicted molar refractivity (Wildman–Crippen MR) is 42.1 cm³/mol. The van der Waals surface area contributed by atoms with Crippen molar-refractivity contribution in [1.29, 1.82) is 0 Å². The molecule has 0 aliphatic carbocycles. The van der Waals surface area contributed by atoms with Crippen LogP contribution in [0.1, 0.15) is 19.8 Å². The van der Waals surface area contributed by atoms with E-state index in [0.29, 0.717) is 9.76 Å². The van der Waals surface area contributed by atoms with Gasteiger partial charge in [0.1, 0.15) is 0 Å². The van der Waals surface area contributed by atoms with E-state index in [1.54, 1.807) is 0 Å². The summed E-state index contributed by atoms with van der Waals surface area (Å²) in [4.78, 5) is 0. The molecule has 3 heteroatoms. The highest BCUT2D eigenvalue weighted by Gasteiger charge is 1.88. The molecule has 0 spiro atoms. The van der Waals surface area contributed by atoms with Crippen LogP contribution < -0.4 is 0 Å². The van der Waals surface area contributed by atoms with E-state index in [2.05, 4.69) is 6.92 Å². The van der Waals surface area contributed by atoms with E-state index in [1.165, 1.54) is 0 Å². The average Bonchev–Trinajstić information content (AvgIpc) is 1.89. The summed E-state index contributed by atoms with van der Waals surface area (Å²) < 4.78 is 5.25. The smallest absolute Gasteiger partial charge is 0.229 e. The van der Waals surface area contributed by atoms with Crippen LogP contribution in [0.25, 0.3) is 0 Å². The van der Waals surface area contributed by atoms with E-state index in [4.69, 9.17) is 16.0 Å². The van der Waals surface area contributed by atoms with Gasteiger partial charge in [-0.1, -0.05) is 6.92 Å². The lowest BCUT2D eigenvalue weighted by molar-refractivity contribution is 0.334. The molecule has 0 aromatic heterocycles. The quantitative estimate of drug-likeness (QED) is 0.332. The standard InChI is InChI=1S/C6H13ClOSi/c1-2-5-8-9-6-3-4-7/h2-6H2,1H3. The Labute approximate surface area is 64.7 Å². The Morgan fingerprint density at radius 2 is 2.33 bits per heavy atom. The average molecular weight is 165 g/mol. The molecule has 0 fully saturated rings. The molecule has 54 valence electrons. The summed E-state index contributed by atoms with van der Waals surface area (Å²) in [5, 5.41) is 0. The van der Waals surface area contributed by atoms with Gasteiger partial charge in [-0.2, -0.15) is 0 Å². The molecule has 0 aliphatic rings. The normalized spacial score (nSPS) is 10.0. The van der Waals surface area contributed by atoms with Crippen LogP contribution in [0.3, 0.4) is 0 Å². The first-order valence-electron chi connectivity index (χ1n) is 3.32. The van der Waals surface area contributed by atoms with Gasteiger partial charge in [0.15, 0.2) is 0 Å². The van der Waals surface area contributed by atoms with Gasteiger partial charge in [0.2, 0.25) is 9.76 Å². The molecule has 0 rings (SSSR count). The van der Waals surface area contributed by atoms with Gasteiger partial charge in [-0.15, -0.1) is 11.6 Å². The first-order chi connectivity index (χ1) is 4.41. The SMILES string of the molecule is CCCO[Si]CCCCl. The van der Waals surface area contributed by atoms with Crippen LogP contribution in [0.2, 0.25) is 6.04 Å². The Hall–Kier alpha value is 0.467. The maximum Gasteiger partial charge on any atom is 0.229 e. The largest absolute Gasteiger partial charge is 0.417 e. The second kappa shape index (κ2) is 8.47. The van der Waals surface area contributed by atoms with E-state index >= 15 is 0 Å². The molecular weight excluding hydrogens is 152 g/mol. The van der Waals surface area contributed by atoms with E-state index < -0.39 is 0 Å². The molecule has 0 N–H and O–H groups in total. The summed E-state index contributed by atoms with van der Waals surface area (Å²) in [6.45, 7) is 3.02. The lowest BCUT2D eigenvalue weighted by atomic mass is 10.5. The van der Waals surface area contributed by atoms with E-state index in [0.717, 1.165) is 31.4 Å². The van der Waals surface area contributed by atoms with Crippen molar-refractivity contribution in [2.24, 2.45) is 0 Å². The van der Waals surface area contributed by atoms with Gasteiger partial charge in [0.25, 0.3) is 0 Å². The summed E-state index contributed by atoms with van der Waals surface area (Å²) in [6, 6.07) is 1.13. The van der Waals surface area contributed by atoms with Crippen molar-refractivity contribution in [2.45, 2.75) is 25.8 Å². The van der Waals surface area contributed by atoms with Gasteiger partial charge < -0.3 is 4.43 Å². The summed E-state index contributed by atoms with van der Waals surface area (Å²) in [5.41, 5.74) is 0. The van der Waals surface area contributed by atoms with Crippen molar-refractivity contribution in [3.05, 3.63) is 0 Å². The molecule has 2 radical (unpaired) electrons. The van der Waals surface area contributed by atoms with Crippen LogP contribution in [-0.4, -0.2) is 22.3 Å². The fourth-order valence-electron chi connectivity index (χ4n) is 0.385. The zero-order chi connectivity index (χ0) is 6.95. The second-order valence-electron chi connectivity index (χ2n) is 1.79. The fourth-order valence-corrected chi connectivity index (χ4v) is 1.56. The van der Waals surface area contributed by atoms with Gasteiger partial charge >= 0.3 is 0 Å². The summed E-state index contributed by atoms with van der Waals surface area (Å²) in [6.07, 6.45) is 2.21. The molecule has 0 atom stereocenters. The molecule has 1 nitrogen and oxygen atoms in total. The van der Waals surface area contributed by atoms with Gasteiger partial charge in [0, 0.05) is 12.5 Å². The minimum atomic E-state index is 0.661. The monoisotopic (exact) mass is 164 g/mol. The summed E-state index contributed by atoms with van der Waals surface area (Å²) in [5.74, 6) is 0.766. The van der Waals surface area contributed by atoms with Crippen molar-refractivity contribution < 1.29 is 4.43 Å². The number of hydrogen-bond donors (Lipinski definition) is 0. The first kappa shape index (κ1) is 9.47. The Morgan fingerprint density at radius 1 is 1.56 bits per heavy atom. The molecule has 0 saturated carbocycles. The third-order valence-corrected chi connectivity index (χ3v) is 2.05. The van der Waals surface area contributed by atoms with Crippen molar-refractivity contribution in [2.75, 3.05) is 12.5 Å². The number of rotatable bonds is 6. The van der Waals surface area contributed by atoms with Crippen LogP contribution in [0.4, 0.5) is 0 Å². The predicted octanol–water partition coefficient (Wildman–Crippen LogP) is 2.08. The van der Waals surface area contributed by atoms with Gasteiger partial charge in [-0.05, 0) is 18.9 Å². The van der Waals surface area contributed by atoms with Gasteiger partial charge in [0.05, 0.1) is 0 Å². The van der Waals surface area contributed by atoms with Crippen molar-refractivity contribution in [1.82, 2.24) is 0 Å². The Balaban J connectivity index is 2.60. The molecule has 0 heterocycles. The molecule has 0 saturated heterocycles. The second-order valence-corrected chi connectivity index (χ2v) is 3.24. The lowest BCUT2D eigenvalue weighted by Crippen LogP contribution is -1.98. The van der Waals surface area contributed by atoms with Gasteiger partial charge in [-0.3, -0.25) is 0 Å². The lowest BCUT2D eigenvalue weighted by Gasteiger charge is -1.96. The minimum absolute atomic E-state index is 0.661. The summed E-state index contributed by atoms with van der Waals surface area (Å²) >= 11 is 5.46. The third kappa shape index (κ3) is 8.47. The Bertz CT molecular complexity index is 46.3. The zero-order valence-electron chi connectivity index (χ0n) is 5.82. The van der Waals surface area contributed by atoms with Crippen molar-refractivity contribution >= 4 is 21.4 Å². The highest BCUT2D eigenvalue weighted by atomic mass is 35.5. The van der Waals surface area contributed by atoms with E-state index in [9.17, 15) is 0 Å². The van der Waals surface area contributed by atoms with Gasteiger partial charge in [-0.25, -0.2) is 0 Å². The van der Waals surface area contributed by atoms with Crippen LogP contribution in [-0.2, 0) is 4.43 Å². The molecule has 0 unspecified atom stereocenters. The third-order valence-electron chi connectivity index (χ3n) is 0.821. The molecule has 9 heavy (non-hydrogen) atoms. The van der Waals surface area contributed by atoms with Crippen molar-refractivity contribution in [3.63, 3.8) is 0 Å². The Morgan fingerprint density at radius 3 is 2.89 bits per heavy atom. The van der Waals surface area contributed by atoms with Crippen LogP contribution in [0.15, 0.2) is 0 Å². The number of alkyl halides is 1. The summed E-state index contributed by atoms with van der Waals surface area (Å²) in [7, 11) is 0.661. The van der Waals surface area contributed by atoms with E-state index in [1.807, 2.05) is 0 Å². The van der Waals surface area contributed by atoms with E-state index in [-0.39, 0.29) is 0 Å². The fraction of sp³-hybridized carbons (Fsp3) is 1.00. The maximum atomic E-state index is 5.46. The zero-order valence-corrected chi connectivity index (χ0v) is 7.58. The number of hydrogen-bond acceptors (Lipinski definition) is 1. The van der Waals surface area contributed by atoms with Crippen molar-refractivity contribution in [3.8, 4) is 0 Å². The molecule has 0 amide bonds. The topological polar surface area (TPSA) is 9.23 Å².